The highest BCUT2D eigenvalue weighted by molar-refractivity contribution is 5.47. The third-order valence-corrected chi connectivity index (χ3v) is 2.50. The molecule has 82 valence electrons. The van der Waals surface area contributed by atoms with E-state index in [1.807, 2.05) is 6.08 Å². The molecule has 0 aromatic heterocycles. The monoisotopic (exact) mass is 203 g/mol. The summed E-state index contributed by atoms with van der Waals surface area (Å²) in [4.78, 5) is 0. The Morgan fingerprint density at radius 3 is 2.53 bits per heavy atom. The molecule has 1 atom stereocenters. The molecule has 1 rings (SSSR count). The second-order valence-corrected chi connectivity index (χ2v) is 4.01. The second-order valence-electron chi connectivity index (χ2n) is 4.01. The number of rotatable bonds is 6. The van der Waals surface area contributed by atoms with Crippen LogP contribution in [0, 0.1) is 0 Å². The molecular weight excluding hydrogens is 182 g/mol. The van der Waals surface area contributed by atoms with Gasteiger partial charge in [-0.2, -0.15) is 0 Å². The zero-order valence-corrected chi connectivity index (χ0v) is 9.79. The minimum atomic E-state index is 0.555. The van der Waals surface area contributed by atoms with E-state index in [-0.39, 0.29) is 0 Å². The lowest BCUT2D eigenvalue weighted by Crippen LogP contribution is -2.28. The third kappa shape index (κ3) is 4.30. The first-order chi connectivity index (χ1) is 7.26. The molecule has 0 amide bonds. The maximum absolute atomic E-state index is 3.75. The van der Waals surface area contributed by atoms with Crippen molar-refractivity contribution in [3.63, 3.8) is 0 Å². The van der Waals surface area contributed by atoms with Crippen LogP contribution in [0.1, 0.15) is 31.4 Å². The summed E-state index contributed by atoms with van der Waals surface area (Å²) >= 11 is 0. The topological polar surface area (TPSA) is 12.0 Å². The highest BCUT2D eigenvalue weighted by Gasteiger charge is 2.01. The summed E-state index contributed by atoms with van der Waals surface area (Å²) in [6, 6.07) is 9.16. The molecule has 0 aliphatic rings. The fraction of sp³-hybridized carbons (Fsp3) is 0.429. The molecule has 0 saturated heterocycles. The number of hydrogen-bond donors (Lipinski definition) is 1. The number of hydrogen-bond acceptors (Lipinski definition) is 1. The van der Waals surface area contributed by atoms with Crippen LogP contribution in [-0.2, 0) is 6.42 Å². The van der Waals surface area contributed by atoms with Crippen molar-refractivity contribution in [1.29, 1.82) is 0 Å². The van der Waals surface area contributed by atoms with Gasteiger partial charge in [0.05, 0.1) is 0 Å². The van der Waals surface area contributed by atoms with E-state index in [9.17, 15) is 0 Å². The molecule has 0 bridgehead atoms. The highest BCUT2D eigenvalue weighted by atomic mass is 14.9. The van der Waals surface area contributed by atoms with E-state index < -0.39 is 0 Å². The molecule has 0 saturated carbocycles. The highest BCUT2D eigenvalue weighted by Crippen LogP contribution is 2.07. The van der Waals surface area contributed by atoms with Crippen molar-refractivity contribution in [1.82, 2.24) is 5.32 Å². The Labute approximate surface area is 93.2 Å². The van der Waals surface area contributed by atoms with Gasteiger partial charge in [0, 0.05) is 6.04 Å². The smallest absolute Gasteiger partial charge is 0.00791 e. The second kappa shape index (κ2) is 6.41. The first-order valence-corrected chi connectivity index (χ1v) is 5.71. The minimum absolute atomic E-state index is 0.555. The van der Waals surface area contributed by atoms with E-state index in [1.165, 1.54) is 17.5 Å². The molecule has 15 heavy (non-hydrogen) atoms. The Morgan fingerprint density at radius 1 is 1.33 bits per heavy atom. The van der Waals surface area contributed by atoms with Crippen LogP contribution in [0.3, 0.4) is 0 Å². The summed E-state index contributed by atoms with van der Waals surface area (Å²) in [5.74, 6) is 0. The Bertz CT molecular complexity index is 287. The summed E-state index contributed by atoms with van der Waals surface area (Å²) in [5, 5.41) is 3.49. The van der Waals surface area contributed by atoms with Crippen molar-refractivity contribution in [2.45, 2.75) is 32.7 Å². The molecule has 1 N–H and O–H groups in total. The van der Waals surface area contributed by atoms with Gasteiger partial charge in [0.1, 0.15) is 0 Å². The van der Waals surface area contributed by atoms with Gasteiger partial charge in [0.15, 0.2) is 0 Å². The summed E-state index contributed by atoms with van der Waals surface area (Å²) in [6.45, 7) is 9.28. The Balaban J connectivity index is 2.45. The molecule has 0 aliphatic heterocycles. The Hall–Kier alpha value is -1.08. The van der Waals surface area contributed by atoms with Crippen LogP contribution in [0.15, 0.2) is 30.8 Å². The molecule has 0 heterocycles. The lowest BCUT2D eigenvalue weighted by Gasteiger charge is -2.13. The van der Waals surface area contributed by atoms with Crippen LogP contribution in [-0.4, -0.2) is 12.6 Å². The Kier molecular flexibility index (Phi) is 5.13. The standard InChI is InChI=1S/C14H21N/c1-4-10-15-12(3)11-14-8-6-13(5-2)7-9-14/h5-9,12,15H,2,4,10-11H2,1,3H3. The van der Waals surface area contributed by atoms with Gasteiger partial charge < -0.3 is 5.32 Å². The van der Waals surface area contributed by atoms with Gasteiger partial charge in [-0.05, 0) is 37.4 Å². The van der Waals surface area contributed by atoms with E-state index >= 15 is 0 Å². The van der Waals surface area contributed by atoms with Crippen molar-refractivity contribution in [3.05, 3.63) is 42.0 Å². The lowest BCUT2D eigenvalue weighted by atomic mass is 10.1. The zero-order chi connectivity index (χ0) is 11.1. The van der Waals surface area contributed by atoms with Gasteiger partial charge in [-0.1, -0.05) is 43.8 Å². The van der Waals surface area contributed by atoms with Gasteiger partial charge in [-0.25, -0.2) is 0 Å². The molecule has 0 fully saturated rings. The van der Waals surface area contributed by atoms with Crippen LogP contribution >= 0.6 is 0 Å². The van der Waals surface area contributed by atoms with E-state index in [0.29, 0.717) is 6.04 Å². The molecule has 1 aromatic rings. The minimum Gasteiger partial charge on any atom is -0.314 e. The SMILES string of the molecule is C=Cc1ccc(CC(C)NCCC)cc1. The third-order valence-electron chi connectivity index (χ3n) is 2.50. The van der Waals surface area contributed by atoms with Gasteiger partial charge in [-0.15, -0.1) is 0 Å². The fourth-order valence-corrected chi connectivity index (χ4v) is 1.61. The predicted octanol–water partition coefficient (Wildman–Crippen LogP) is 3.26. The van der Waals surface area contributed by atoms with Gasteiger partial charge in [0.25, 0.3) is 0 Å². The van der Waals surface area contributed by atoms with Gasteiger partial charge in [-0.3, -0.25) is 0 Å². The molecule has 1 aromatic carbocycles. The normalized spacial score (nSPS) is 12.4. The van der Waals surface area contributed by atoms with Crippen molar-refractivity contribution >= 4 is 6.08 Å². The molecule has 0 radical (unpaired) electrons. The predicted molar refractivity (Wildman–Crippen MR) is 68.0 cm³/mol. The van der Waals surface area contributed by atoms with Crippen LogP contribution in [0.2, 0.25) is 0 Å². The maximum Gasteiger partial charge on any atom is 0.00791 e. The van der Waals surface area contributed by atoms with Crippen molar-refractivity contribution < 1.29 is 0 Å². The molecular formula is C14H21N. The van der Waals surface area contributed by atoms with Crippen molar-refractivity contribution in [2.24, 2.45) is 0 Å². The van der Waals surface area contributed by atoms with Crippen molar-refractivity contribution in [3.8, 4) is 0 Å². The van der Waals surface area contributed by atoms with Gasteiger partial charge in [0.2, 0.25) is 0 Å². The quantitative estimate of drug-likeness (QED) is 0.748. The summed E-state index contributed by atoms with van der Waals surface area (Å²) in [7, 11) is 0. The molecule has 1 nitrogen and oxygen atoms in total. The van der Waals surface area contributed by atoms with Gasteiger partial charge >= 0.3 is 0 Å². The number of benzene rings is 1. The first kappa shape index (κ1) is 12.0. The lowest BCUT2D eigenvalue weighted by molar-refractivity contribution is 0.543. The maximum atomic E-state index is 3.75. The summed E-state index contributed by atoms with van der Waals surface area (Å²) in [5.41, 5.74) is 2.57. The van der Waals surface area contributed by atoms with Crippen LogP contribution < -0.4 is 5.32 Å². The molecule has 1 unspecified atom stereocenters. The number of nitrogens with one attached hydrogen (secondary N) is 1. The van der Waals surface area contributed by atoms with Crippen LogP contribution in [0.4, 0.5) is 0 Å². The largest absolute Gasteiger partial charge is 0.314 e. The first-order valence-electron chi connectivity index (χ1n) is 5.71. The zero-order valence-electron chi connectivity index (χ0n) is 9.79. The molecule has 0 aliphatic carbocycles. The molecule has 0 spiro atoms. The van der Waals surface area contributed by atoms with Crippen LogP contribution in [0.5, 0.6) is 0 Å². The average Bonchev–Trinajstić information content (AvgIpc) is 2.27. The van der Waals surface area contributed by atoms with Crippen LogP contribution in [0.25, 0.3) is 6.08 Å². The Morgan fingerprint density at radius 2 is 2.00 bits per heavy atom. The fourth-order valence-electron chi connectivity index (χ4n) is 1.61. The van der Waals surface area contributed by atoms with E-state index in [1.54, 1.807) is 0 Å². The van der Waals surface area contributed by atoms with E-state index in [4.69, 9.17) is 0 Å². The van der Waals surface area contributed by atoms with E-state index in [0.717, 1.165) is 13.0 Å². The average molecular weight is 203 g/mol. The summed E-state index contributed by atoms with van der Waals surface area (Å²) in [6.07, 6.45) is 4.17. The van der Waals surface area contributed by atoms with E-state index in [2.05, 4.69) is 50.0 Å². The summed E-state index contributed by atoms with van der Waals surface area (Å²) < 4.78 is 0. The molecule has 1 heteroatoms. The van der Waals surface area contributed by atoms with Crippen molar-refractivity contribution in [2.75, 3.05) is 6.54 Å².